The van der Waals surface area contributed by atoms with Gasteiger partial charge in [-0.1, -0.05) is 6.07 Å². The van der Waals surface area contributed by atoms with Crippen molar-refractivity contribution in [1.82, 2.24) is 20.4 Å². The van der Waals surface area contributed by atoms with E-state index in [9.17, 15) is 9.59 Å². The molecule has 7 nitrogen and oxygen atoms in total. The predicted molar refractivity (Wildman–Crippen MR) is 101 cm³/mol. The van der Waals surface area contributed by atoms with Crippen LogP contribution >= 0.6 is 11.3 Å². The molecule has 0 bridgehead atoms. The van der Waals surface area contributed by atoms with E-state index >= 15 is 0 Å². The lowest BCUT2D eigenvalue weighted by Crippen LogP contribution is -2.46. The SMILES string of the molecule is CN1C[C@H](C(=O)NC2CCN(c3cc(-c4cccs4)[nH]n3)CC2)CC1=O. The smallest absolute Gasteiger partial charge is 0.225 e. The molecule has 1 atom stereocenters. The number of aromatic nitrogens is 2. The summed E-state index contributed by atoms with van der Waals surface area (Å²) >= 11 is 1.69. The third kappa shape index (κ3) is 3.46. The zero-order valence-corrected chi connectivity index (χ0v) is 15.6. The number of piperidine rings is 1. The summed E-state index contributed by atoms with van der Waals surface area (Å²) < 4.78 is 0. The summed E-state index contributed by atoms with van der Waals surface area (Å²) in [6.45, 7) is 2.26. The van der Waals surface area contributed by atoms with Gasteiger partial charge in [-0.15, -0.1) is 11.3 Å². The summed E-state index contributed by atoms with van der Waals surface area (Å²) in [6.07, 6.45) is 2.12. The number of rotatable bonds is 4. The second-order valence-electron chi connectivity index (χ2n) is 7.06. The Morgan fingerprint density at radius 2 is 2.19 bits per heavy atom. The molecule has 138 valence electrons. The lowest BCUT2D eigenvalue weighted by Gasteiger charge is -2.32. The van der Waals surface area contributed by atoms with E-state index in [0.717, 1.165) is 37.4 Å². The molecule has 2 aromatic rings. The topological polar surface area (TPSA) is 81.3 Å². The van der Waals surface area contributed by atoms with Gasteiger partial charge in [0.1, 0.15) is 0 Å². The highest BCUT2D eigenvalue weighted by Gasteiger charge is 2.33. The fourth-order valence-corrected chi connectivity index (χ4v) is 4.33. The Balaban J connectivity index is 1.29. The summed E-state index contributed by atoms with van der Waals surface area (Å²) in [4.78, 5) is 29.0. The Morgan fingerprint density at radius 1 is 1.38 bits per heavy atom. The van der Waals surface area contributed by atoms with Crippen molar-refractivity contribution >= 4 is 29.0 Å². The molecular formula is C18H23N5O2S. The molecule has 0 unspecified atom stereocenters. The Morgan fingerprint density at radius 3 is 2.85 bits per heavy atom. The van der Waals surface area contributed by atoms with Crippen LogP contribution in [0, 0.1) is 5.92 Å². The van der Waals surface area contributed by atoms with Gasteiger partial charge in [-0.05, 0) is 24.3 Å². The first-order chi connectivity index (χ1) is 12.6. The van der Waals surface area contributed by atoms with Gasteiger partial charge in [0, 0.05) is 45.2 Å². The number of amides is 2. The summed E-state index contributed by atoms with van der Waals surface area (Å²) in [5, 5.41) is 12.7. The van der Waals surface area contributed by atoms with Crippen molar-refractivity contribution in [1.29, 1.82) is 0 Å². The van der Waals surface area contributed by atoms with Crippen LogP contribution in [0.15, 0.2) is 23.6 Å². The Labute approximate surface area is 156 Å². The number of likely N-dealkylation sites (tertiary alicyclic amines) is 1. The maximum absolute atomic E-state index is 12.4. The summed E-state index contributed by atoms with van der Waals surface area (Å²) in [6, 6.07) is 6.37. The highest BCUT2D eigenvalue weighted by molar-refractivity contribution is 7.13. The number of thiophene rings is 1. The molecule has 2 aliphatic rings. The van der Waals surface area contributed by atoms with E-state index in [1.165, 1.54) is 4.88 Å². The van der Waals surface area contributed by atoms with Crippen LogP contribution in [-0.2, 0) is 9.59 Å². The van der Waals surface area contributed by atoms with Gasteiger partial charge in [0.05, 0.1) is 16.5 Å². The monoisotopic (exact) mass is 373 g/mol. The standard InChI is InChI=1S/C18H23N5O2S/c1-22-11-12(9-17(22)24)18(25)19-13-4-6-23(7-5-13)16-10-14(20-21-16)15-3-2-8-26-15/h2-3,8,10,12-13H,4-7,9,11H2,1H3,(H,19,25)(H,20,21)/t12-/m1/s1. The average Bonchev–Trinajstić information content (AvgIpc) is 3.37. The number of anilines is 1. The van der Waals surface area contributed by atoms with Gasteiger partial charge < -0.3 is 15.1 Å². The van der Waals surface area contributed by atoms with Crippen molar-refractivity contribution in [2.24, 2.45) is 5.92 Å². The largest absolute Gasteiger partial charge is 0.355 e. The van der Waals surface area contributed by atoms with Crippen molar-refractivity contribution in [3.05, 3.63) is 23.6 Å². The van der Waals surface area contributed by atoms with Crippen LogP contribution in [0.3, 0.4) is 0 Å². The van der Waals surface area contributed by atoms with Crippen LogP contribution in [0.25, 0.3) is 10.6 Å². The Kier molecular flexibility index (Phi) is 4.67. The molecule has 0 radical (unpaired) electrons. The molecule has 2 N–H and O–H groups in total. The second kappa shape index (κ2) is 7.11. The van der Waals surface area contributed by atoms with Crippen LogP contribution in [-0.4, -0.2) is 59.6 Å². The average molecular weight is 373 g/mol. The molecule has 2 saturated heterocycles. The molecule has 2 aliphatic heterocycles. The third-order valence-electron chi connectivity index (χ3n) is 5.23. The van der Waals surface area contributed by atoms with E-state index in [4.69, 9.17) is 0 Å². The lowest BCUT2D eigenvalue weighted by atomic mass is 10.0. The van der Waals surface area contributed by atoms with Crippen molar-refractivity contribution in [3.8, 4) is 10.6 Å². The summed E-state index contributed by atoms with van der Waals surface area (Å²) in [7, 11) is 1.75. The number of nitrogens with one attached hydrogen (secondary N) is 2. The first-order valence-electron chi connectivity index (χ1n) is 8.98. The van der Waals surface area contributed by atoms with Gasteiger partial charge >= 0.3 is 0 Å². The van der Waals surface area contributed by atoms with Crippen molar-refractivity contribution in [2.75, 3.05) is 31.6 Å². The normalized spacial score (nSPS) is 21.4. The van der Waals surface area contributed by atoms with Crippen LogP contribution < -0.4 is 10.2 Å². The van der Waals surface area contributed by atoms with Gasteiger partial charge in [-0.3, -0.25) is 14.7 Å². The van der Waals surface area contributed by atoms with Crippen LogP contribution in [0.5, 0.6) is 0 Å². The molecule has 26 heavy (non-hydrogen) atoms. The van der Waals surface area contributed by atoms with E-state index in [2.05, 4.69) is 37.9 Å². The Hall–Kier alpha value is -2.35. The molecule has 8 heteroatoms. The summed E-state index contributed by atoms with van der Waals surface area (Å²) in [5.41, 5.74) is 1.04. The number of carbonyl (C=O) groups is 2. The van der Waals surface area contributed by atoms with Gasteiger partial charge in [0.2, 0.25) is 11.8 Å². The highest BCUT2D eigenvalue weighted by atomic mass is 32.1. The minimum Gasteiger partial charge on any atom is -0.355 e. The van der Waals surface area contributed by atoms with Crippen molar-refractivity contribution in [2.45, 2.75) is 25.3 Å². The van der Waals surface area contributed by atoms with Crippen molar-refractivity contribution in [3.63, 3.8) is 0 Å². The molecule has 2 fully saturated rings. The minimum absolute atomic E-state index is 0.0147. The zero-order chi connectivity index (χ0) is 18.1. The van der Waals surface area contributed by atoms with E-state index in [1.54, 1.807) is 23.3 Å². The molecule has 2 aromatic heterocycles. The van der Waals surface area contributed by atoms with E-state index < -0.39 is 0 Å². The first kappa shape index (κ1) is 17.1. The predicted octanol–water partition coefficient (Wildman–Crippen LogP) is 1.70. The fraction of sp³-hybridized carbons (Fsp3) is 0.500. The third-order valence-corrected chi connectivity index (χ3v) is 6.13. The summed E-state index contributed by atoms with van der Waals surface area (Å²) in [5.74, 6) is 0.826. The fourth-order valence-electron chi connectivity index (χ4n) is 3.64. The van der Waals surface area contributed by atoms with E-state index in [-0.39, 0.29) is 23.8 Å². The lowest BCUT2D eigenvalue weighted by molar-refractivity contribution is -0.128. The van der Waals surface area contributed by atoms with Crippen LogP contribution in [0.4, 0.5) is 5.82 Å². The number of hydrogen-bond donors (Lipinski definition) is 2. The van der Waals surface area contributed by atoms with E-state index in [0.29, 0.717) is 13.0 Å². The molecule has 0 spiro atoms. The van der Waals surface area contributed by atoms with Gasteiger partial charge in [0.15, 0.2) is 5.82 Å². The maximum Gasteiger partial charge on any atom is 0.225 e. The quantitative estimate of drug-likeness (QED) is 0.855. The molecular weight excluding hydrogens is 350 g/mol. The van der Waals surface area contributed by atoms with Gasteiger partial charge in [-0.25, -0.2) is 0 Å². The van der Waals surface area contributed by atoms with E-state index in [1.807, 2.05) is 6.07 Å². The number of hydrogen-bond acceptors (Lipinski definition) is 5. The number of carbonyl (C=O) groups excluding carboxylic acids is 2. The molecule has 0 saturated carbocycles. The first-order valence-corrected chi connectivity index (χ1v) is 9.86. The van der Waals surface area contributed by atoms with Crippen LogP contribution in [0.1, 0.15) is 19.3 Å². The number of nitrogens with zero attached hydrogens (tertiary/aromatic N) is 3. The second-order valence-corrected chi connectivity index (χ2v) is 8.01. The molecule has 2 amide bonds. The van der Waals surface area contributed by atoms with Crippen LogP contribution in [0.2, 0.25) is 0 Å². The van der Waals surface area contributed by atoms with Crippen molar-refractivity contribution < 1.29 is 9.59 Å². The Bertz CT molecular complexity index is 779. The maximum atomic E-state index is 12.4. The number of aromatic amines is 1. The zero-order valence-electron chi connectivity index (χ0n) is 14.8. The molecule has 0 aliphatic carbocycles. The molecule has 0 aromatic carbocycles. The molecule has 4 heterocycles. The minimum atomic E-state index is -0.203. The highest BCUT2D eigenvalue weighted by Crippen LogP contribution is 2.27. The number of H-pyrrole nitrogens is 1. The molecule has 4 rings (SSSR count). The van der Waals surface area contributed by atoms with Gasteiger partial charge in [-0.2, -0.15) is 5.10 Å². The van der Waals surface area contributed by atoms with Gasteiger partial charge in [0.25, 0.3) is 0 Å².